The van der Waals surface area contributed by atoms with Gasteiger partial charge in [-0.1, -0.05) is 0 Å². The Morgan fingerprint density at radius 2 is 0.704 bits per heavy atom. The Kier molecular flexibility index (Phi) is 20.2. The summed E-state index contributed by atoms with van der Waals surface area (Å²) in [6.45, 7) is 0.708. The van der Waals surface area contributed by atoms with Crippen molar-refractivity contribution in [1.29, 1.82) is 0 Å². The van der Waals surface area contributed by atoms with E-state index >= 15 is 0 Å². The topological polar surface area (TPSA) is 483 Å². The molecule has 0 saturated carbocycles. The van der Waals surface area contributed by atoms with Crippen molar-refractivity contribution >= 4 is 11.8 Å². The van der Waals surface area contributed by atoms with Crippen LogP contribution in [0.15, 0.2) is 0 Å². The summed E-state index contributed by atoms with van der Waals surface area (Å²) in [5, 5.41) is 176. The van der Waals surface area contributed by atoms with Gasteiger partial charge in [0.1, 0.15) is 134 Å². The summed E-state index contributed by atoms with van der Waals surface area (Å²) in [6, 6.07) is -3.48. The van der Waals surface area contributed by atoms with E-state index in [1.165, 1.54) is 13.8 Å². The molecule has 0 aliphatic carbocycles. The molecule has 0 aromatic rings. The zero-order valence-electron chi connectivity index (χ0n) is 38.6. The summed E-state index contributed by atoms with van der Waals surface area (Å²) in [7, 11) is 0. The molecule has 18 N–H and O–H groups in total. The molecule has 6 rings (SSSR count). The van der Waals surface area contributed by atoms with Gasteiger partial charge in [-0.3, -0.25) is 9.59 Å². The van der Waals surface area contributed by atoms with Crippen molar-refractivity contribution in [3.63, 3.8) is 0 Å². The van der Waals surface area contributed by atoms with E-state index in [1.54, 1.807) is 0 Å². The van der Waals surface area contributed by atoms with Gasteiger partial charge in [-0.25, -0.2) is 0 Å². The summed E-state index contributed by atoms with van der Waals surface area (Å²) in [6.07, 6.45) is -51.6. The Labute approximate surface area is 403 Å². The number of ether oxygens (including phenoxy) is 11. The van der Waals surface area contributed by atoms with E-state index in [-0.39, 0.29) is 0 Å². The minimum Gasteiger partial charge on any atom is -0.394 e. The summed E-state index contributed by atoms with van der Waals surface area (Å²) >= 11 is 0. The highest BCUT2D eigenvalue weighted by Crippen LogP contribution is 2.38. The lowest BCUT2D eigenvalue weighted by atomic mass is 9.93. The molecule has 6 saturated heterocycles. The van der Waals surface area contributed by atoms with E-state index in [4.69, 9.17) is 52.1 Å². The third-order valence-corrected chi connectivity index (χ3v) is 13.2. The maximum absolute atomic E-state index is 13.2. The van der Waals surface area contributed by atoms with Gasteiger partial charge in [0, 0.05) is 13.8 Å². The number of hydrogen-bond donors (Lipinski definition) is 18. The maximum atomic E-state index is 13.2. The minimum absolute atomic E-state index is 0.781. The average molecular weight is 1040 g/mol. The molecule has 0 bridgehead atoms. The molecule has 6 aliphatic heterocycles. The lowest BCUT2D eigenvalue weighted by Gasteiger charge is -2.52. The van der Waals surface area contributed by atoms with Crippen molar-refractivity contribution in [2.24, 2.45) is 0 Å². The fraction of sp³-hybridized carbons (Fsp3) is 0.950. The number of aliphatic hydroxyl groups is 16. The second-order valence-corrected chi connectivity index (χ2v) is 18.2. The van der Waals surface area contributed by atoms with Crippen molar-refractivity contribution in [2.45, 2.75) is 212 Å². The molecule has 31 heteroatoms. The first-order valence-corrected chi connectivity index (χ1v) is 22.8. The Balaban J connectivity index is 1.39. The number of aliphatic hydroxyl groups excluding tert-OH is 16. The van der Waals surface area contributed by atoms with Crippen molar-refractivity contribution in [1.82, 2.24) is 10.6 Å². The van der Waals surface area contributed by atoms with E-state index in [2.05, 4.69) is 10.6 Å². The monoisotopic (exact) mass is 1040 g/mol. The summed E-state index contributed by atoms with van der Waals surface area (Å²) in [5.41, 5.74) is 0. The number of carbonyl (C=O) groups is 2. The molecule has 6 aliphatic rings. The third-order valence-electron chi connectivity index (χ3n) is 13.2. The molecule has 6 heterocycles. The Hall–Kier alpha value is -2.14. The molecule has 71 heavy (non-hydrogen) atoms. The first-order valence-electron chi connectivity index (χ1n) is 22.8. The number of amides is 2. The van der Waals surface area contributed by atoms with Gasteiger partial charge in [-0.15, -0.1) is 0 Å². The van der Waals surface area contributed by atoms with Gasteiger partial charge in [0.05, 0.1) is 38.6 Å². The number of rotatable bonds is 16. The molecule has 31 nitrogen and oxygen atoms in total. The van der Waals surface area contributed by atoms with Crippen LogP contribution < -0.4 is 10.6 Å². The molecule has 0 unspecified atom stereocenters. The van der Waals surface area contributed by atoms with Gasteiger partial charge in [0.2, 0.25) is 11.8 Å². The highest BCUT2D eigenvalue weighted by molar-refractivity contribution is 5.73. The maximum Gasteiger partial charge on any atom is 0.217 e. The van der Waals surface area contributed by atoms with Gasteiger partial charge >= 0.3 is 0 Å². The van der Waals surface area contributed by atoms with Gasteiger partial charge in [0.25, 0.3) is 0 Å². The molecule has 0 spiro atoms. The summed E-state index contributed by atoms with van der Waals surface area (Å²) in [5.74, 6) is -1.66. The molecule has 30 atom stereocenters. The normalized spacial score (nSPS) is 50.8. The van der Waals surface area contributed by atoms with Gasteiger partial charge in [-0.2, -0.15) is 0 Å². The predicted octanol–water partition coefficient (Wildman–Crippen LogP) is -11.8. The zero-order valence-corrected chi connectivity index (χ0v) is 38.6. The van der Waals surface area contributed by atoms with E-state index in [9.17, 15) is 91.3 Å². The van der Waals surface area contributed by atoms with Crippen LogP contribution in [-0.4, -0.2) is 304 Å². The molecule has 0 aromatic carbocycles. The van der Waals surface area contributed by atoms with E-state index < -0.39 is 222 Å². The average Bonchev–Trinajstić information content (AvgIpc) is 3.33. The SMILES string of the molecule is CC(=O)N[C@@H]1[C@@H](O[C@@H]2O[C@@H](C)[C@@H](O)[C@@H](O)[C@@H]2O)[C@H](O[C@@H]2O[C@H](CO)[C@@H](O[C@@H]3O[C@H](CO)[C@@H](O)[C@H](O[C@H]4O[C@H](CO)[C@@H](O)[C@H](O)[C@@H]4O)[C@@H]3O)[C@H](O[C@@H]3O[C@@H](C)[C@@H](O)[C@@H](O)[C@@H]3O)[C@H]2NC(C)=O)[C@@H](CO)O[C@H]1O. The fourth-order valence-electron chi connectivity index (χ4n) is 9.19. The zero-order chi connectivity index (χ0) is 52.5. The summed E-state index contributed by atoms with van der Waals surface area (Å²) in [4.78, 5) is 25.7. The number of carbonyl (C=O) groups excluding carboxylic acids is 2. The fourth-order valence-corrected chi connectivity index (χ4v) is 9.19. The van der Waals surface area contributed by atoms with Crippen LogP contribution in [0.25, 0.3) is 0 Å². The van der Waals surface area contributed by atoms with Crippen molar-refractivity contribution in [3.8, 4) is 0 Å². The summed E-state index contributed by atoms with van der Waals surface area (Å²) < 4.78 is 64.9. The Morgan fingerprint density at radius 3 is 1.17 bits per heavy atom. The minimum atomic E-state index is -2.21. The van der Waals surface area contributed by atoms with Crippen LogP contribution >= 0.6 is 0 Å². The first kappa shape index (κ1) is 58.1. The van der Waals surface area contributed by atoms with Gasteiger partial charge < -0.3 is 144 Å². The first-order chi connectivity index (χ1) is 33.5. The van der Waals surface area contributed by atoms with Crippen LogP contribution in [0.3, 0.4) is 0 Å². The van der Waals surface area contributed by atoms with Crippen LogP contribution in [-0.2, 0) is 61.7 Å². The van der Waals surface area contributed by atoms with E-state index in [0.717, 1.165) is 13.8 Å². The molecule has 6 fully saturated rings. The van der Waals surface area contributed by atoms with Crippen LogP contribution in [0.2, 0.25) is 0 Å². The second kappa shape index (κ2) is 24.7. The van der Waals surface area contributed by atoms with E-state index in [1.807, 2.05) is 0 Å². The van der Waals surface area contributed by atoms with Gasteiger partial charge in [0.15, 0.2) is 37.7 Å². The molecule has 0 radical (unpaired) electrons. The third kappa shape index (κ3) is 12.4. The number of nitrogens with one attached hydrogen (secondary N) is 2. The molecular weight excluding hydrogens is 972 g/mol. The smallest absolute Gasteiger partial charge is 0.217 e. The lowest BCUT2D eigenvalue weighted by Crippen LogP contribution is -2.72. The van der Waals surface area contributed by atoms with Gasteiger partial charge in [-0.05, 0) is 13.8 Å². The van der Waals surface area contributed by atoms with E-state index in [0.29, 0.717) is 0 Å². The lowest BCUT2D eigenvalue weighted by molar-refractivity contribution is -0.395. The van der Waals surface area contributed by atoms with Crippen LogP contribution in [0.1, 0.15) is 27.7 Å². The second-order valence-electron chi connectivity index (χ2n) is 18.2. The molecular formula is C40H68N2O29. The van der Waals surface area contributed by atoms with Crippen molar-refractivity contribution in [2.75, 3.05) is 26.4 Å². The van der Waals surface area contributed by atoms with Crippen molar-refractivity contribution in [3.05, 3.63) is 0 Å². The van der Waals surface area contributed by atoms with Crippen molar-refractivity contribution < 1.29 is 143 Å². The highest BCUT2D eigenvalue weighted by atomic mass is 16.8. The molecule has 2 amide bonds. The largest absolute Gasteiger partial charge is 0.394 e. The molecule has 412 valence electrons. The Bertz CT molecular complexity index is 1710. The standard InChI is InChI=1S/C40H68N2O29/c1-9-19(49)23(53)26(56)37(61-9)69-32-17(41-11(3)47)35(60)63-15(7-45)30(32)67-36-18(42-12(4)48)33(70-38-27(57)24(54)20(50)10(2)62-38)31(16(8-46)66-36)68-40-29(59)34(22(52)14(6-44)65-40)71-39-28(58)25(55)21(51)13(5-43)64-39/h9-10,13-40,43-46,49-60H,5-8H2,1-4H3,(H,41,47)(H,42,48)/t9-,10-,13+,14+,15+,16+,17+,18+,19+,20+,21+,22+,23+,24+,25-,26-,27-,28-,29-,30+,31+,32+,33+,34-,35+,36-,37-,38-,39+,40-/m0/s1. The highest BCUT2D eigenvalue weighted by Gasteiger charge is 2.59. The number of hydrogen-bond acceptors (Lipinski definition) is 29. The van der Waals surface area contributed by atoms with Crippen LogP contribution in [0, 0.1) is 0 Å². The Morgan fingerprint density at radius 1 is 0.366 bits per heavy atom. The van der Waals surface area contributed by atoms with Crippen LogP contribution in [0.5, 0.6) is 0 Å². The van der Waals surface area contributed by atoms with Crippen LogP contribution in [0.4, 0.5) is 0 Å². The molecule has 0 aromatic heterocycles. The predicted molar refractivity (Wildman–Crippen MR) is 220 cm³/mol. The quantitative estimate of drug-likeness (QED) is 0.0682.